The molecule has 0 saturated heterocycles. The van der Waals surface area contributed by atoms with E-state index in [1.165, 1.54) is 12.1 Å². The number of halogens is 1. The molecule has 0 fully saturated rings. The normalized spacial score (nSPS) is 11.7. The monoisotopic (exact) mass is 377 g/mol. The number of ether oxygens (including phenoxy) is 1. The van der Waals surface area contributed by atoms with Crippen molar-refractivity contribution in [2.75, 3.05) is 11.0 Å². The van der Waals surface area contributed by atoms with E-state index in [2.05, 4.69) is 5.32 Å². The Balaban J connectivity index is 2.75. The van der Waals surface area contributed by atoms with E-state index in [1.807, 2.05) is 22.6 Å². The van der Waals surface area contributed by atoms with Crippen molar-refractivity contribution >= 4 is 34.5 Å². The van der Waals surface area contributed by atoms with Gasteiger partial charge >= 0.3 is 5.97 Å². The van der Waals surface area contributed by atoms with Crippen molar-refractivity contribution in [2.45, 2.75) is 19.4 Å². The van der Waals surface area contributed by atoms with Gasteiger partial charge in [-0.05, 0) is 24.6 Å². The third-order valence-electron chi connectivity index (χ3n) is 2.40. The number of carbonyl (C=O) groups is 2. The first-order valence-electron chi connectivity index (χ1n) is 5.86. The van der Waals surface area contributed by atoms with E-state index in [4.69, 9.17) is 4.74 Å². The Labute approximate surface area is 125 Å². The summed E-state index contributed by atoms with van der Waals surface area (Å²) < 4.78 is 5.22. The first-order valence-corrected chi connectivity index (χ1v) is 7.39. The lowest BCUT2D eigenvalue weighted by Crippen LogP contribution is -2.43. The average Bonchev–Trinajstić information content (AvgIpc) is 2.40. The third kappa shape index (κ3) is 5.46. The van der Waals surface area contributed by atoms with Crippen molar-refractivity contribution in [3.63, 3.8) is 0 Å². The zero-order chi connectivity index (χ0) is 14.3. The van der Waals surface area contributed by atoms with Gasteiger partial charge in [0.05, 0.1) is 11.0 Å². The van der Waals surface area contributed by atoms with E-state index < -0.39 is 12.0 Å². The summed E-state index contributed by atoms with van der Waals surface area (Å²) in [7, 11) is 0. The minimum atomic E-state index is -0.702. The minimum Gasteiger partial charge on any atom is -0.508 e. The van der Waals surface area contributed by atoms with Crippen LogP contribution in [0.4, 0.5) is 0 Å². The number of hydrogen-bond acceptors (Lipinski definition) is 4. The maximum absolute atomic E-state index is 11.8. The molecular formula is C13H16INO4. The summed E-state index contributed by atoms with van der Waals surface area (Å²) in [6, 6.07) is 5.79. The molecule has 0 radical (unpaired) electrons. The highest BCUT2D eigenvalue weighted by atomic mass is 127. The number of aromatic hydroxyl groups is 1. The number of phenols is 1. The largest absolute Gasteiger partial charge is 0.508 e. The summed E-state index contributed by atoms with van der Waals surface area (Å²) in [5, 5.41) is 11.8. The van der Waals surface area contributed by atoms with E-state index in [0.29, 0.717) is 6.42 Å². The van der Waals surface area contributed by atoms with Crippen LogP contribution in [0.15, 0.2) is 24.3 Å². The van der Waals surface area contributed by atoms with Gasteiger partial charge in [0.25, 0.3) is 0 Å². The number of benzene rings is 1. The van der Waals surface area contributed by atoms with Gasteiger partial charge in [0.2, 0.25) is 5.91 Å². The highest BCUT2D eigenvalue weighted by Gasteiger charge is 2.21. The van der Waals surface area contributed by atoms with Crippen LogP contribution in [0.1, 0.15) is 12.5 Å². The Bertz CT molecular complexity index is 433. The summed E-state index contributed by atoms with van der Waals surface area (Å²) in [6.07, 6.45) is 0.335. The van der Waals surface area contributed by atoms with Gasteiger partial charge in [0, 0.05) is 6.42 Å². The molecule has 0 aliphatic rings. The number of nitrogens with one attached hydrogen (secondary N) is 1. The molecule has 0 bridgehead atoms. The lowest BCUT2D eigenvalue weighted by atomic mass is 10.1. The first-order chi connectivity index (χ1) is 9.06. The molecule has 1 rings (SSSR count). The smallest absolute Gasteiger partial charge is 0.328 e. The molecule has 0 saturated carbocycles. The van der Waals surface area contributed by atoms with Gasteiger partial charge in [-0.2, -0.15) is 0 Å². The molecule has 0 heterocycles. The van der Waals surface area contributed by atoms with Crippen LogP contribution in [0, 0.1) is 0 Å². The molecule has 6 heteroatoms. The summed E-state index contributed by atoms with van der Waals surface area (Å²) in [5.74, 6) is -0.501. The van der Waals surface area contributed by atoms with E-state index in [-0.39, 0.29) is 22.7 Å². The van der Waals surface area contributed by atoms with E-state index in [1.54, 1.807) is 19.1 Å². The highest BCUT2D eigenvalue weighted by molar-refractivity contribution is 14.1. The Morgan fingerprint density at radius 1 is 1.37 bits per heavy atom. The molecule has 1 aromatic rings. The number of carbonyl (C=O) groups excluding carboxylic acids is 2. The highest BCUT2D eigenvalue weighted by Crippen LogP contribution is 2.12. The van der Waals surface area contributed by atoms with Crippen molar-refractivity contribution < 1.29 is 19.4 Å². The number of phenolic OH excluding ortho intramolecular Hbond substituents is 1. The second-order valence-corrected chi connectivity index (χ2v) is 4.64. The third-order valence-corrected chi connectivity index (χ3v) is 3.10. The summed E-state index contributed by atoms with van der Waals surface area (Å²) in [6.45, 7) is 1.99. The molecular weight excluding hydrogens is 361 g/mol. The Morgan fingerprint density at radius 2 is 2.00 bits per heavy atom. The quantitative estimate of drug-likeness (QED) is 0.447. The molecule has 0 aromatic heterocycles. The summed E-state index contributed by atoms with van der Waals surface area (Å²) in [4.78, 5) is 23.2. The fourth-order valence-electron chi connectivity index (χ4n) is 1.54. The number of alkyl halides is 1. The standard InChI is InChI=1S/C13H16INO4/c1-2-19-13(18)11(15-12(17)8-14)7-9-3-5-10(16)6-4-9/h3-6,11,16H,2,7-8H2,1H3,(H,15,17). The zero-order valence-corrected chi connectivity index (χ0v) is 12.7. The Morgan fingerprint density at radius 3 is 2.53 bits per heavy atom. The predicted octanol–water partition coefficient (Wildman–Crippen LogP) is 1.42. The van der Waals surface area contributed by atoms with Crippen molar-refractivity contribution in [3.05, 3.63) is 29.8 Å². The zero-order valence-electron chi connectivity index (χ0n) is 10.6. The maximum Gasteiger partial charge on any atom is 0.328 e. The van der Waals surface area contributed by atoms with Crippen LogP contribution in [0.2, 0.25) is 0 Å². The van der Waals surface area contributed by atoms with Crippen LogP contribution in [0.5, 0.6) is 5.75 Å². The van der Waals surface area contributed by atoms with Gasteiger partial charge in [-0.15, -0.1) is 0 Å². The lowest BCUT2D eigenvalue weighted by Gasteiger charge is -2.16. The molecule has 0 aliphatic heterocycles. The van der Waals surface area contributed by atoms with Crippen LogP contribution in [0.25, 0.3) is 0 Å². The second kappa shape index (κ2) is 7.98. The second-order valence-electron chi connectivity index (χ2n) is 3.88. The fourth-order valence-corrected chi connectivity index (χ4v) is 1.76. The van der Waals surface area contributed by atoms with Crippen molar-refractivity contribution in [3.8, 4) is 5.75 Å². The summed E-state index contributed by atoms with van der Waals surface area (Å²) in [5.41, 5.74) is 0.838. The van der Waals surface area contributed by atoms with Crippen LogP contribution in [0.3, 0.4) is 0 Å². The van der Waals surface area contributed by atoms with Crippen LogP contribution < -0.4 is 5.32 Å². The van der Waals surface area contributed by atoms with Gasteiger partial charge in [-0.25, -0.2) is 4.79 Å². The van der Waals surface area contributed by atoms with Crippen molar-refractivity contribution in [2.24, 2.45) is 0 Å². The van der Waals surface area contributed by atoms with Gasteiger partial charge in [-0.3, -0.25) is 4.79 Å². The molecule has 19 heavy (non-hydrogen) atoms. The molecule has 1 unspecified atom stereocenters. The fraction of sp³-hybridized carbons (Fsp3) is 0.385. The molecule has 1 atom stereocenters. The molecule has 1 amide bonds. The summed E-state index contributed by atoms with van der Waals surface area (Å²) >= 11 is 1.93. The topological polar surface area (TPSA) is 75.6 Å². The lowest BCUT2D eigenvalue weighted by molar-refractivity contribution is -0.147. The Kier molecular flexibility index (Phi) is 6.61. The Hall–Kier alpha value is -1.31. The molecule has 0 spiro atoms. The van der Waals surface area contributed by atoms with Crippen molar-refractivity contribution in [1.29, 1.82) is 0 Å². The molecule has 0 aliphatic carbocycles. The van der Waals surface area contributed by atoms with Crippen LogP contribution >= 0.6 is 22.6 Å². The van der Waals surface area contributed by atoms with Gasteiger partial charge in [0.1, 0.15) is 11.8 Å². The maximum atomic E-state index is 11.8. The van der Waals surface area contributed by atoms with Gasteiger partial charge in [0.15, 0.2) is 0 Å². The SMILES string of the molecule is CCOC(=O)C(Cc1ccc(O)cc1)NC(=O)CI. The number of rotatable bonds is 6. The molecule has 2 N–H and O–H groups in total. The minimum absolute atomic E-state index is 0.160. The predicted molar refractivity (Wildman–Crippen MR) is 79.3 cm³/mol. The number of esters is 1. The van der Waals surface area contributed by atoms with Gasteiger partial charge in [-0.1, -0.05) is 34.7 Å². The number of amides is 1. The molecule has 104 valence electrons. The average molecular weight is 377 g/mol. The van der Waals surface area contributed by atoms with E-state index in [9.17, 15) is 14.7 Å². The van der Waals surface area contributed by atoms with Crippen LogP contribution in [-0.2, 0) is 20.7 Å². The number of hydrogen-bond donors (Lipinski definition) is 2. The van der Waals surface area contributed by atoms with Crippen LogP contribution in [-0.4, -0.2) is 34.1 Å². The molecule has 5 nitrogen and oxygen atoms in total. The van der Waals surface area contributed by atoms with Crippen molar-refractivity contribution in [1.82, 2.24) is 5.32 Å². The molecule has 1 aromatic carbocycles. The first kappa shape index (κ1) is 15.7. The van der Waals surface area contributed by atoms with Gasteiger partial charge < -0.3 is 15.2 Å². The van der Waals surface area contributed by atoms with E-state index >= 15 is 0 Å². The van der Waals surface area contributed by atoms with E-state index in [0.717, 1.165) is 5.56 Å².